The van der Waals surface area contributed by atoms with Crippen LogP contribution in [0.3, 0.4) is 0 Å². The molecule has 2 N–H and O–H groups in total. The van der Waals surface area contributed by atoms with E-state index in [-0.39, 0.29) is 11.8 Å². The molecule has 7 heteroatoms. The minimum atomic E-state index is -1.04. The predicted octanol–water partition coefficient (Wildman–Crippen LogP) is 0.957. The lowest BCUT2D eigenvalue weighted by Crippen LogP contribution is -2.40. The summed E-state index contributed by atoms with van der Waals surface area (Å²) >= 11 is 1.42. The van der Waals surface area contributed by atoms with Gasteiger partial charge in [0.2, 0.25) is 11.8 Å². The van der Waals surface area contributed by atoms with Gasteiger partial charge in [-0.3, -0.25) is 9.59 Å². The van der Waals surface area contributed by atoms with Crippen LogP contribution >= 0.6 is 11.8 Å². The van der Waals surface area contributed by atoms with E-state index < -0.39 is 12.0 Å². The summed E-state index contributed by atoms with van der Waals surface area (Å²) in [5, 5.41) is 11.3. The van der Waals surface area contributed by atoms with Crippen molar-refractivity contribution in [2.45, 2.75) is 39.2 Å². The number of nitrogens with zero attached hydrogens (tertiary/aromatic N) is 1. The molecule has 0 spiro atoms. The number of carbonyl (C=O) groups excluding carboxylic acids is 2. The molecule has 0 radical (unpaired) electrons. The minimum absolute atomic E-state index is 0.123. The smallest absolute Gasteiger partial charge is 0.326 e. The number of hydrogen-bond donors (Lipinski definition) is 2. The Labute approximate surface area is 129 Å². The molecule has 0 aromatic carbocycles. The van der Waals surface area contributed by atoms with Gasteiger partial charge in [-0.05, 0) is 30.9 Å². The second-order valence-corrected chi connectivity index (χ2v) is 6.60. The van der Waals surface area contributed by atoms with E-state index in [9.17, 15) is 14.4 Å². The summed E-state index contributed by atoms with van der Waals surface area (Å²) in [6.07, 6.45) is 2.43. The zero-order valence-electron chi connectivity index (χ0n) is 12.6. The number of nitrogens with one attached hydrogen (secondary N) is 1. The first kappa shape index (κ1) is 17.8. The van der Waals surface area contributed by atoms with E-state index in [0.717, 1.165) is 25.9 Å². The lowest BCUT2D eigenvalue weighted by molar-refractivity contribution is -0.141. The number of carbonyl (C=O) groups is 3. The van der Waals surface area contributed by atoms with Crippen LogP contribution in [0, 0.1) is 5.92 Å². The maximum atomic E-state index is 12.0. The first-order valence-electron chi connectivity index (χ1n) is 7.25. The monoisotopic (exact) mass is 316 g/mol. The molecule has 0 aliphatic carbocycles. The molecule has 120 valence electrons. The third kappa shape index (κ3) is 6.84. The van der Waals surface area contributed by atoms with E-state index >= 15 is 0 Å². The normalized spacial score (nSPS) is 17.3. The zero-order valence-corrected chi connectivity index (χ0v) is 13.4. The van der Waals surface area contributed by atoms with Gasteiger partial charge in [-0.15, -0.1) is 0 Å². The highest BCUT2D eigenvalue weighted by Crippen LogP contribution is 2.17. The quantitative estimate of drug-likeness (QED) is 0.683. The summed E-state index contributed by atoms with van der Waals surface area (Å²) in [6, 6.07) is -0.874. The highest BCUT2D eigenvalue weighted by molar-refractivity contribution is 7.99. The molecule has 1 fully saturated rings. The average Bonchev–Trinajstić information content (AvgIpc) is 2.42. The molecule has 1 rings (SSSR count). The van der Waals surface area contributed by atoms with Crippen molar-refractivity contribution in [3.05, 3.63) is 0 Å². The highest BCUT2D eigenvalue weighted by Gasteiger charge is 2.21. The van der Waals surface area contributed by atoms with Crippen LogP contribution in [-0.2, 0) is 14.4 Å². The van der Waals surface area contributed by atoms with Crippen LogP contribution < -0.4 is 5.32 Å². The summed E-state index contributed by atoms with van der Waals surface area (Å²) in [5.41, 5.74) is 0. The largest absolute Gasteiger partial charge is 0.480 e. The Morgan fingerprint density at radius 3 is 2.48 bits per heavy atom. The number of likely N-dealkylation sites (tertiary alicyclic amines) is 1. The number of aliphatic carboxylic acids is 1. The SMILES string of the molecule is CC(=O)NC(CCSCC(=O)N1CCC(C)CC1)C(=O)O. The molecule has 0 bridgehead atoms. The lowest BCUT2D eigenvalue weighted by Gasteiger charge is -2.30. The second-order valence-electron chi connectivity index (χ2n) is 5.50. The third-order valence-electron chi connectivity index (χ3n) is 3.59. The zero-order chi connectivity index (χ0) is 15.8. The fraction of sp³-hybridized carbons (Fsp3) is 0.786. The minimum Gasteiger partial charge on any atom is -0.480 e. The molecule has 0 aromatic rings. The van der Waals surface area contributed by atoms with Crippen molar-refractivity contribution < 1.29 is 19.5 Å². The van der Waals surface area contributed by atoms with Gasteiger partial charge in [-0.25, -0.2) is 4.79 Å². The summed E-state index contributed by atoms with van der Waals surface area (Å²) in [4.78, 5) is 35.7. The molecule has 0 saturated carbocycles. The number of thioether (sulfide) groups is 1. The van der Waals surface area contributed by atoms with Crippen LogP contribution in [0.4, 0.5) is 0 Å². The number of amides is 2. The van der Waals surface area contributed by atoms with Crippen LogP contribution in [0.2, 0.25) is 0 Å². The molecule has 0 aromatic heterocycles. The van der Waals surface area contributed by atoms with Crippen LogP contribution in [0.1, 0.15) is 33.1 Å². The number of rotatable bonds is 7. The van der Waals surface area contributed by atoms with Crippen molar-refractivity contribution in [3.8, 4) is 0 Å². The fourth-order valence-corrected chi connectivity index (χ4v) is 3.12. The maximum absolute atomic E-state index is 12.0. The Morgan fingerprint density at radius 2 is 1.95 bits per heavy atom. The standard InChI is InChI=1S/C14H24N2O4S/c1-10-3-6-16(7-4-10)13(18)9-21-8-5-12(14(19)20)15-11(2)17/h10,12H,3-9H2,1-2H3,(H,15,17)(H,19,20). The van der Waals surface area contributed by atoms with E-state index in [4.69, 9.17) is 5.11 Å². The molecule has 1 atom stereocenters. The van der Waals surface area contributed by atoms with Crippen molar-refractivity contribution in [2.24, 2.45) is 5.92 Å². The van der Waals surface area contributed by atoms with Crippen molar-refractivity contribution in [1.29, 1.82) is 0 Å². The summed E-state index contributed by atoms with van der Waals surface area (Å²) < 4.78 is 0. The van der Waals surface area contributed by atoms with Gasteiger partial charge in [-0.1, -0.05) is 6.92 Å². The molecular formula is C14H24N2O4S. The number of carboxylic acids is 1. The Kier molecular flexibility index (Phi) is 7.56. The Morgan fingerprint density at radius 1 is 1.33 bits per heavy atom. The average molecular weight is 316 g/mol. The van der Waals surface area contributed by atoms with Gasteiger partial charge in [0.1, 0.15) is 6.04 Å². The summed E-state index contributed by atoms with van der Waals surface area (Å²) in [5.74, 6) is 0.329. The van der Waals surface area contributed by atoms with Crippen molar-refractivity contribution >= 4 is 29.5 Å². The Bertz CT molecular complexity index is 381. The fourth-order valence-electron chi connectivity index (χ4n) is 2.21. The van der Waals surface area contributed by atoms with Gasteiger partial charge in [0.15, 0.2) is 0 Å². The molecule has 6 nitrogen and oxygen atoms in total. The van der Waals surface area contributed by atoms with Crippen LogP contribution in [0.5, 0.6) is 0 Å². The van der Waals surface area contributed by atoms with Gasteiger partial charge in [-0.2, -0.15) is 11.8 Å². The maximum Gasteiger partial charge on any atom is 0.326 e. The molecule has 1 aliphatic heterocycles. The van der Waals surface area contributed by atoms with Gasteiger partial charge in [0.25, 0.3) is 0 Å². The summed E-state index contributed by atoms with van der Waals surface area (Å²) in [6.45, 7) is 5.14. The van der Waals surface area contributed by atoms with Crippen molar-refractivity contribution in [2.75, 3.05) is 24.6 Å². The predicted molar refractivity (Wildman–Crippen MR) is 82.2 cm³/mol. The van der Waals surface area contributed by atoms with Gasteiger partial charge < -0.3 is 15.3 Å². The van der Waals surface area contributed by atoms with E-state index in [1.165, 1.54) is 18.7 Å². The van der Waals surface area contributed by atoms with Gasteiger partial charge >= 0.3 is 5.97 Å². The Hall–Kier alpha value is -1.24. The third-order valence-corrected chi connectivity index (χ3v) is 4.56. The van der Waals surface area contributed by atoms with E-state index in [1.807, 2.05) is 4.90 Å². The van der Waals surface area contributed by atoms with E-state index in [0.29, 0.717) is 23.8 Å². The highest BCUT2D eigenvalue weighted by atomic mass is 32.2. The molecular weight excluding hydrogens is 292 g/mol. The van der Waals surface area contributed by atoms with Crippen molar-refractivity contribution in [3.63, 3.8) is 0 Å². The first-order chi connectivity index (χ1) is 9.90. The molecule has 1 unspecified atom stereocenters. The van der Waals surface area contributed by atoms with Crippen LogP contribution in [0.15, 0.2) is 0 Å². The number of piperidine rings is 1. The molecule has 1 saturated heterocycles. The number of carboxylic acid groups (broad SMARTS) is 1. The molecule has 21 heavy (non-hydrogen) atoms. The molecule has 1 aliphatic rings. The molecule has 1 heterocycles. The van der Waals surface area contributed by atoms with Crippen molar-refractivity contribution in [1.82, 2.24) is 10.2 Å². The van der Waals surface area contributed by atoms with Crippen LogP contribution in [-0.4, -0.2) is 58.4 Å². The first-order valence-corrected chi connectivity index (χ1v) is 8.41. The second kappa shape index (κ2) is 8.92. The van der Waals surface area contributed by atoms with Gasteiger partial charge in [0, 0.05) is 20.0 Å². The van der Waals surface area contributed by atoms with Gasteiger partial charge in [0.05, 0.1) is 5.75 Å². The lowest BCUT2D eigenvalue weighted by atomic mass is 9.99. The Balaban J connectivity index is 2.21. The molecule has 2 amide bonds. The van der Waals surface area contributed by atoms with Crippen LogP contribution in [0.25, 0.3) is 0 Å². The van der Waals surface area contributed by atoms with E-state index in [2.05, 4.69) is 12.2 Å². The van der Waals surface area contributed by atoms with E-state index in [1.54, 1.807) is 0 Å². The topological polar surface area (TPSA) is 86.7 Å². The summed E-state index contributed by atoms with van der Waals surface area (Å²) in [7, 11) is 0. The number of hydrogen-bond acceptors (Lipinski definition) is 4.